The van der Waals surface area contributed by atoms with Gasteiger partial charge < -0.3 is 4.42 Å². The van der Waals surface area contributed by atoms with Crippen LogP contribution in [-0.2, 0) is 0 Å². The SMILES string of the molecule is [c]1ccccc1-c1cccc2c1oc1ccccc12. The van der Waals surface area contributed by atoms with Crippen molar-refractivity contribution in [1.29, 1.82) is 0 Å². The molecule has 0 fully saturated rings. The molecule has 0 saturated heterocycles. The van der Waals surface area contributed by atoms with Crippen LogP contribution in [0.1, 0.15) is 0 Å². The second-order valence-corrected chi connectivity index (χ2v) is 4.56. The van der Waals surface area contributed by atoms with E-state index in [4.69, 9.17) is 4.42 Å². The van der Waals surface area contributed by atoms with Crippen LogP contribution >= 0.6 is 0 Å². The summed E-state index contributed by atoms with van der Waals surface area (Å²) in [5.74, 6) is 0. The Balaban J connectivity index is 2.13. The van der Waals surface area contributed by atoms with Crippen LogP contribution in [0.3, 0.4) is 0 Å². The third-order valence-corrected chi connectivity index (χ3v) is 3.40. The largest absolute Gasteiger partial charge is 0.455 e. The highest BCUT2D eigenvalue weighted by Crippen LogP contribution is 2.35. The molecule has 1 nitrogen and oxygen atoms in total. The van der Waals surface area contributed by atoms with Crippen molar-refractivity contribution >= 4 is 21.9 Å². The third-order valence-electron chi connectivity index (χ3n) is 3.40. The van der Waals surface area contributed by atoms with Crippen LogP contribution in [0.2, 0.25) is 0 Å². The van der Waals surface area contributed by atoms with Gasteiger partial charge in [0.05, 0.1) is 0 Å². The van der Waals surface area contributed by atoms with Crippen molar-refractivity contribution in [2.75, 3.05) is 0 Å². The summed E-state index contributed by atoms with van der Waals surface area (Å²) in [6.45, 7) is 0. The van der Waals surface area contributed by atoms with Gasteiger partial charge >= 0.3 is 0 Å². The second-order valence-electron chi connectivity index (χ2n) is 4.56. The Kier molecular flexibility index (Phi) is 2.18. The molecule has 0 aliphatic carbocycles. The quantitative estimate of drug-likeness (QED) is 0.455. The molecule has 0 unspecified atom stereocenters. The molecule has 3 aromatic carbocycles. The molecular weight excluding hydrogens is 232 g/mol. The number of hydrogen-bond donors (Lipinski definition) is 0. The fourth-order valence-corrected chi connectivity index (χ4v) is 2.52. The van der Waals surface area contributed by atoms with Gasteiger partial charge in [0.2, 0.25) is 0 Å². The van der Waals surface area contributed by atoms with Gasteiger partial charge in [-0.05, 0) is 17.7 Å². The normalized spacial score (nSPS) is 11.2. The molecule has 0 aliphatic heterocycles. The average molecular weight is 243 g/mol. The first-order valence-electron chi connectivity index (χ1n) is 6.31. The molecule has 1 radical (unpaired) electrons. The van der Waals surface area contributed by atoms with Gasteiger partial charge in [-0.15, -0.1) is 0 Å². The molecule has 0 N–H and O–H groups in total. The van der Waals surface area contributed by atoms with Crippen molar-refractivity contribution in [3.63, 3.8) is 0 Å². The predicted octanol–water partition coefficient (Wildman–Crippen LogP) is 5.05. The minimum absolute atomic E-state index is 0.931. The Hall–Kier alpha value is -2.54. The lowest BCUT2D eigenvalue weighted by molar-refractivity contribution is 0.670. The molecule has 0 aliphatic rings. The zero-order valence-electron chi connectivity index (χ0n) is 10.3. The second kappa shape index (κ2) is 3.99. The van der Waals surface area contributed by atoms with Crippen molar-refractivity contribution in [2.45, 2.75) is 0 Å². The zero-order valence-corrected chi connectivity index (χ0v) is 10.3. The fraction of sp³-hybridized carbons (Fsp3) is 0. The molecule has 89 valence electrons. The van der Waals surface area contributed by atoms with Crippen molar-refractivity contribution in [3.05, 3.63) is 72.8 Å². The van der Waals surface area contributed by atoms with Crippen LogP contribution in [-0.4, -0.2) is 0 Å². The van der Waals surface area contributed by atoms with Gasteiger partial charge in [-0.25, -0.2) is 0 Å². The van der Waals surface area contributed by atoms with E-state index in [0.717, 1.165) is 33.1 Å². The van der Waals surface area contributed by atoms with Crippen LogP contribution in [0.25, 0.3) is 33.1 Å². The highest BCUT2D eigenvalue weighted by molar-refractivity contribution is 6.09. The molecule has 0 spiro atoms. The van der Waals surface area contributed by atoms with Crippen molar-refractivity contribution in [1.82, 2.24) is 0 Å². The molecule has 1 heterocycles. The average Bonchev–Trinajstić information content (AvgIpc) is 2.87. The van der Waals surface area contributed by atoms with Gasteiger partial charge in [0.1, 0.15) is 11.2 Å². The molecule has 19 heavy (non-hydrogen) atoms. The van der Waals surface area contributed by atoms with E-state index >= 15 is 0 Å². The van der Waals surface area contributed by atoms with Crippen molar-refractivity contribution < 1.29 is 4.42 Å². The summed E-state index contributed by atoms with van der Waals surface area (Å²) in [5.41, 5.74) is 4.02. The first kappa shape index (κ1) is 10.4. The van der Waals surface area contributed by atoms with E-state index in [1.807, 2.05) is 36.4 Å². The topological polar surface area (TPSA) is 13.1 Å². The van der Waals surface area contributed by atoms with Gasteiger partial charge in [0.15, 0.2) is 0 Å². The summed E-state index contributed by atoms with van der Waals surface area (Å²) < 4.78 is 6.02. The number of fused-ring (bicyclic) bond motifs is 3. The standard InChI is InChI=1S/C18H11O/c1-2-7-13(8-3-1)14-10-6-11-16-15-9-4-5-12-17(15)19-18(14)16/h1-7,9-12H. The van der Waals surface area contributed by atoms with Gasteiger partial charge in [0.25, 0.3) is 0 Å². The summed E-state index contributed by atoms with van der Waals surface area (Å²) in [5, 5.41) is 2.32. The van der Waals surface area contributed by atoms with Crippen LogP contribution in [0.4, 0.5) is 0 Å². The number of hydrogen-bond acceptors (Lipinski definition) is 1. The van der Waals surface area contributed by atoms with Gasteiger partial charge in [-0.1, -0.05) is 60.7 Å². The molecular formula is C18H11O. The highest BCUT2D eigenvalue weighted by atomic mass is 16.3. The highest BCUT2D eigenvalue weighted by Gasteiger charge is 2.10. The molecule has 4 rings (SSSR count). The molecule has 0 bridgehead atoms. The first-order valence-corrected chi connectivity index (χ1v) is 6.31. The number of furan rings is 1. The Morgan fingerprint density at radius 3 is 2.47 bits per heavy atom. The van der Waals surface area contributed by atoms with E-state index in [0.29, 0.717) is 0 Å². The summed E-state index contributed by atoms with van der Waals surface area (Å²) in [4.78, 5) is 0. The van der Waals surface area contributed by atoms with Crippen LogP contribution < -0.4 is 0 Å². The minimum atomic E-state index is 0.931. The molecule has 0 atom stereocenters. The van der Waals surface area contributed by atoms with E-state index in [2.05, 4.69) is 36.4 Å². The lowest BCUT2D eigenvalue weighted by Gasteiger charge is -2.01. The lowest BCUT2D eigenvalue weighted by Crippen LogP contribution is -1.77. The summed E-state index contributed by atoms with van der Waals surface area (Å²) in [6, 6.07) is 25.6. The Morgan fingerprint density at radius 1 is 0.737 bits per heavy atom. The maximum atomic E-state index is 6.02. The van der Waals surface area contributed by atoms with E-state index in [1.54, 1.807) is 0 Å². The third kappa shape index (κ3) is 1.55. The Bertz CT molecular complexity index is 857. The predicted molar refractivity (Wildman–Crippen MR) is 78.0 cm³/mol. The van der Waals surface area contributed by atoms with Gasteiger partial charge in [-0.2, -0.15) is 0 Å². The zero-order chi connectivity index (χ0) is 12.7. The van der Waals surface area contributed by atoms with E-state index in [-0.39, 0.29) is 0 Å². The monoisotopic (exact) mass is 243 g/mol. The van der Waals surface area contributed by atoms with Crippen LogP contribution in [0.15, 0.2) is 71.1 Å². The van der Waals surface area contributed by atoms with E-state index in [9.17, 15) is 0 Å². The molecule has 0 amide bonds. The van der Waals surface area contributed by atoms with E-state index in [1.165, 1.54) is 0 Å². The molecule has 1 heteroatoms. The smallest absolute Gasteiger partial charge is 0.143 e. The Labute approximate surface area is 111 Å². The Morgan fingerprint density at radius 2 is 1.58 bits per heavy atom. The van der Waals surface area contributed by atoms with Gasteiger partial charge in [-0.3, -0.25) is 0 Å². The van der Waals surface area contributed by atoms with E-state index < -0.39 is 0 Å². The van der Waals surface area contributed by atoms with Crippen molar-refractivity contribution in [2.24, 2.45) is 0 Å². The summed E-state index contributed by atoms with van der Waals surface area (Å²) in [7, 11) is 0. The molecule has 4 aromatic rings. The molecule has 1 aromatic heterocycles. The van der Waals surface area contributed by atoms with Crippen LogP contribution in [0, 0.1) is 6.07 Å². The maximum Gasteiger partial charge on any atom is 0.143 e. The fourth-order valence-electron chi connectivity index (χ4n) is 2.52. The van der Waals surface area contributed by atoms with Crippen molar-refractivity contribution in [3.8, 4) is 11.1 Å². The number of rotatable bonds is 1. The summed E-state index contributed by atoms with van der Waals surface area (Å²) >= 11 is 0. The minimum Gasteiger partial charge on any atom is -0.455 e. The molecule has 0 saturated carbocycles. The van der Waals surface area contributed by atoms with Crippen LogP contribution in [0.5, 0.6) is 0 Å². The lowest BCUT2D eigenvalue weighted by atomic mass is 10.0. The maximum absolute atomic E-state index is 6.02. The number of benzene rings is 3. The first-order chi connectivity index (χ1) is 9.43. The van der Waals surface area contributed by atoms with Gasteiger partial charge in [0, 0.05) is 16.3 Å². The summed E-state index contributed by atoms with van der Waals surface area (Å²) in [6.07, 6.45) is 0. The number of para-hydroxylation sites is 2.